The Balaban J connectivity index is 1.65. The molecule has 0 spiro atoms. The Morgan fingerprint density at radius 3 is 2.10 bits per heavy atom. The molecule has 0 fully saturated rings. The minimum atomic E-state index is -4.40. The van der Waals surface area contributed by atoms with E-state index in [-0.39, 0.29) is 11.6 Å². The lowest BCUT2D eigenvalue weighted by Gasteiger charge is -2.12. The summed E-state index contributed by atoms with van der Waals surface area (Å²) in [5.41, 5.74) is 0.00959. The van der Waals surface area contributed by atoms with Crippen LogP contribution in [-0.2, 0) is 6.18 Å². The summed E-state index contributed by atoms with van der Waals surface area (Å²) in [4.78, 5) is 0.976. The van der Waals surface area contributed by atoms with Crippen LogP contribution in [0.4, 0.5) is 13.2 Å². The zero-order chi connectivity index (χ0) is 20.7. The number of nitrogens with zero attached hydrogens (tertiary/aromatic N) is 2. The van der Waals surface area contributed by atoms with Crippen LogP contribution in [0.3, 0.4) is 0 Å². The van der Waals surface area contributed by atoms with Gasteiger partial charge in [-0.15, -0.1) is 21.5 Å². The highest BCUT2D eigenvalue weighted by molar-refractivity contribution is 7.13. The SMILES string of the molecule is FC(F)(F)c1ccc(Oc2nnc(-c3cccs3)c3cc4ccccc4cc23)cc1. The summed E-state index contributed by atoms with van der Waals surface area (Å²) in [5.74, 6) is 0.506. The molecule has 0 atom stereocenters. The fourth-order valence-corrected chi connectivity index (χ4v) is 4.03. The monoisotopic (exact) mass is 422 g/mol. The van der Waals surface area contributed by atoms with Gasteiger partial charge in [0.25, 0.3) is 0 Å². The molecular formula is C23H13F3N2OS. The largest absolute Gasteiger partial charge is 0.437 e. The molecule has 5 rings (SSSR count). The Kier molecular flexibility index (Phi) is 4.40. The van der Waals surface area contributed by atoms with Crippen LogP contribution in [0.25, 0.3) is 32.1 Å². The van der Waals surface area contributed by atoms with Gasteiger partial charge in [0, 0.05) is 10.8 Å². The van der Waals surface area contributed by atoms with Crippen molar-refractivity contribution in [1.29, 1.82) is 0 Å². The number of halogens is 3. The van der Waals surface area contributed by atoms with Crippen molar-refractivity contribution in [3.05, 3.63) is 83.7 Å². The van der Waals surface area contributed by atoms with E-state index in [2.05, 4.69) is 10.2 Å². The van der Waals surface area contributed by atoms with Gasteiger partial charge in [-0.05, 0) is 58.6 Å². The first kappa shape index (κ1) is 18.6. The van der Waals surface area contributed by atoms with Crippen molar-refractivity contribution >= 4 is 32.9 Å². The molecule has 3 aromatic carbocycles. The van der Waals surface area contributed by atoms with Gasteiger partial charge in [-0.3, -0.25) is 0 Å². The van der Waals surface area contributed by atoms with Crippen molar-refractivity contribution in [2.45, 2.75) is 6.18 Å². The molecule has 0 amide bonds. The number of hydrogen-bond acceptors (Lipinski definition) is 4. The van der Waals surface area contributed by atoms with E-state index in [4.69, 9.17) is 4.74 Å². The van der Waals surface area contributed by atoms with Crippen LogP contribution in [-0.4, -0.2) is 10.2 Å². The molecule has 7 heteroatoms. The predicted octanol–water partition coefficient (Wildman–Crippen LogP) is 7.32. The summed E-state index contributed by atoms with van der Waals surface area (Å²) < 4.78 is 44.3. The van der Waals surface area contributed by atoms with Crippen LogP contribution in [0.2, 0.25) is 0 Å². The van der Waals surface area contributed by atoms with Crippen molar-refractivity contribution < 1.29 is 17.9 Å². The number of hydrogen-bond donors (Lipinski definition) is 0. The highest BCUT2D eigenvalue weighted by atomic mass is 32.1. The van der Waals surface area contributed by atoms with Crippen molar-refractivity contribution in [1.82, 2.24) is 10.2 Å². The molecule has 3 nitrogen and oxygen atoms in total. The van der Waals surface area contributed by atoms with Gasteiger partial charge in [0.2, 0.25) is 5.88 Å². The van der Waals surface area contributed by atoms with Crippen molar-refractivity contribution in [2.75, 3.05) is 0 Å². The molecule has 0 aliphatic heterocycles. The van der Waals surface area contributed by atoms with E-state index in [0.29, 0.717) is 0 Å². The van der Waals surface area contributed by atoms with Gasteiger partial charge in [-0.25, -0.2) is 0 Å². The quantitative estimate of drug-likeness (QED) is 0.286. The van der Waals surface area contributed by atoms with E-state index in [1.54, 1.807) is 11.3 Å². The number of fused-ring (bicyclic) bond motifs is 2. The smallest absolute Gasteiger partial charge is 0.416 e. The van der Waals surface area contributed by atoms with E-state index in [1.165, 1.54) is 12.1 Å². The standard InChI is InChI=1S/C23H13F3N2OS/c24-23(25,26)16-7-9-17(10-8-16)29-22-19-13-15-5-2-1-4-14(15)12-18(19)21(27-28-22)20-6-3-11-30-20/h1-13H. The Morgan fingerprint density at radius 1 is 0.767 bits per heavy atom. The van der Waals surface area contributed by atoms with Crippen LogP contribution in [0.5, 0.6) is 11.6 Å². The Morgan fingerprint density at radius 2 is 1.47 bits per heavy atom. The van der Waals surface area contributed by atoms with Gasteiger partial charge in [0.15, 0.2) is 0 Å². The van der Waals surface area contributed by atoms with Crippen LogP contribution in [0.1, 0.15) is 5.56 Å². The highest BCUT2D eigenvalue weighted by Crippen LogP contribution is 2.37. The third-order valence-corrected chi connectivity index (χ3v) is 5.64. The molecule has 0 aliphatic rings. The summed E-state index contributed by atoms with van der Waals surface area (Å²) in [6.07, 6.45) is -4.40. The molecule has 0 N–H and O–H groups in total. The van der Waals surface area contributed by atoms with E-state index in [0.717, 1.165) is 44.2 Å². The molecule has 0 aliphatic carbocycles. The lowest BCUT2D eigenvalue weighted by molar-refractivity contribution is -0.137. The Bertz CT molecular complexity index is 1350. The zero-order valence-corrected chi connectivity index (χ0v) is 16.2. The topological polar surface area (TPSA) is 35.0 Å². The number of alkyl halides is 3. The number of aromatic nitrogens is 2. The number of benzene rings is 3. The van der Waals surface area contributed by atoms with Crippen molar-refractivity contribution in [3.8, 4) is 22.2 Å². The minimum Gasteiger partial charge on any atom is -0.437 e. The third kappa shape index (κ3) is 3.37. The maximum atomic E-state index is 12.8. The van der Waals surface area contributed by atoms with Gasteiger partial charge in [-0.1, -0.05) is 30.3 Å². The average molecular weight is 422 g/mol. The Labute approximate surface area is 173 Å². The second-order valence-corrected chi connectivity index (χ2v) is 7.65. The molecule has 0 saturated carbocycles. The maximum absolute atomic E-state index is 12.8. The molecule has 5 aromatic rings. The van der Waals surface area contributed by atoms with E-state index in [9.17, 15) is 13.2 Å². The summed E-state index contributed by atoms with van der Waals surface area (Å²) >= 11 is 1.56. The molecule has 148 valence electrons. The average Bonchev–Trinajstić information content (AvgIpc) is 3.27. The number of ether oxygens (including phenoxy) is 1. The lowest BCUT2D eigenvalue weighted by Crippen LogP contribution is -2.04. The first-order valence-electron chi connectivity index (χ1n) is 9.07. The van der Waals surface area contributed by atoms with Gasteiger partial charge >= 0.3 is 6.18 Å². The molecule has 0 bridgehead atoms. The van der Waals surface area contributed by atoms with Gasteiger partial charge < -0.3 is 4.74 Å². The van der Waals surface area contributed by atoms with Crippen LogP contribution in [0, 0.1) is 0 Å². The first-order chi connectivity index (χ1) is 14.5. The fraction of sp³-hybridized carbons (Fsp3) is 0.0435. The molecule has 2 heterocycles. The molecule has 0 radical (unpaired) electrons. The van der Waals surface area contributed by atoms with Gasteiger partial charge in [0.05, 0.1) is 10.4 Å². The third-order valence-electron chi connectivity index (χ3n) is 4.76. The van der Waals surface area contributed by atoms with Crippen molar-refractivity contribution in [2.24, 2.45) is 0 Å². The molecule has 2 aromatic heterocycles. The van der Waals surface area contributed by atoms with Crippen LogP contribution in [0.15, 0.2) is 78.2 Å². The van der Waals surface area contributed by atoms with Crippen LogP contribution >= 0.6 is 11.3 Å². The molecular weight excluding hydrogens is 409 g/mol. The number of rotatable bonds is 3. The number of thiophene rings is 1. The van der Waals surface area contributed by atoms with E-state index >= 15 is 0 Å². The lowest BCUT2D eigenvalue weighted by atomic mass is 10.0. The van der Waals surface area contributed by atoms with E-state index in [1.807, 2.05) is 53.9 Å². The van der Waals surface area contributed by atoms with Gasteiger partial charge in [-0.2, -0.15) is 13.2 Å². The molecule has 0 saturated heterocycles. The zero-order valence-electron chi connectivity index (χ0n) is 15.4. The molecule has 30 heavy (non-hydrogen) atoms. The second kappa shape index (κ2) is 7.11. The van der Waals surface area contributed by atoms with Crippen molar-refractivity contribution in [3.63, 3.8) is 0 Å². The predicted molar refractivity (Wildman–Crippen MR) is 112 cm³/mol. The summed E-state index contributed by atoms with van der Waals surface area (Å²) in [6, 6.07) is 20.4. The summed E-state index contributed by atoms with van der Waals surface area (Å²) in [5, 5.41) is 14.3. The highest BCUT2D eigenvalue weighted by Gasteiger charge is 2.30. The first-order valence-corrected chi connectivity index (χ1v) is 9.95. The van der Waals surface area contributed by atoms with E-state index < -0.39 is 11.7 Å². The van der Waals surface area contributed by atoms with Gasteiger partial charge in [0.1, 0.15) is 11.4 Å². The normalized spacial score (nSPS) is 11.8. The minimum absolute atomic E-state index is 0.246. The fourth-order valence-electron chi connectivity index (χ4n) is 3.31. The maximum Gasteiger partial charge on any atom is 0.416 e. The summed E-state index contributed by atoms with van der Waals surface area (Å²) in [6.45, 7) is 0. The molecule has 0 unspecified atom stereocenters. The summed E-state index contributed by atoms with van der Waals surface area (Å²) in [7, 11) is 0. The second-order valence-electron chi connectivity index (χ2n) is 6.70. The Hall–Kier alpha value is -3.45. The van der Waals surface area contributed by atoms with Crippen LogP contribution < -0.4 is 4.74 Å².